The third kappa shape index (κ3) is 3.33. The van der Waals surface area contributed by atoms with Crippen molar-refractivity contribution in [3.8, 4) is 11.5 Å². The third-order valence-electron chi connectivity index (χ3n) is 4.83. The van der Waals surface area contributed by atoms with Crippen LogP contribution in [0.4, 0.5) is 4.39 Å². The lowest BCUT2D eigenvalue weighted by Crippen LogP contribution is -2.39. The second kappa shape index (κ2) is 7.10. The third-order valence-corrected chi connectivity index (χ3v) is 6.94. The highest BCUT2D eigenvalue weighted by atomic mass is 32.2. The molecule has 8 nitrogen and oxygen atoms in total. The van der Waals surface area contributed by atoms with Gasteiger partial charge in [0.15, 0.2) is 5.76 Å². The molecule has 0 amide bonds. The maximum absolute atomic E-state index is 13.1. The topological polar surface area (TPSA) is 102 Å². The molecular formula is C18H19FN4O4S. The monoisotopic (exact) mass is 406 g/mol. The molecule has 0 aliphatic carbocycles. The first-order valence-electron chi connectivity index (χ1n) is 8.88. The van der Waals surface area contributed by atoms with Gasteiger partial charge in [-0.05, 0) is 51.0 Å². The van der Waals surface area contributed by atoms with Crippen LogP contribution in [-0.4, -0.2) is 41.2 Å². The summed E-state index contributed by atoms with van der Waals surface area (Å²) in [5.74, 6) is 0.358. The fourth-order valence-corrected chi connectivity index (χ4v) is 5.26. The average Bonchev–Trinajstić information content (AvgIpc) is 3.30. The Labute approximate surface area is 161 Å². The number of sulfonamides is 1. The number of aromatic nitrogens is 3. The largest absolute Gasteiger partial charge is 0.420 e. The lowest BCUT2D eigenvalue weighted by molar-refractivity contribution is 0.285. The van der Waals surface area contributed by atoms with Crippen molar-refractivity contribution in [1.82, 2.24) is 19.7 Å². The molecule has 0 N–H and O–H groups in total. The summed E-state index contributed by atoms with van der Waals surface area (Å²) >= 11 is 0. The minimum Gasteiger partial charge on any atom is -0.420 e. The summed E-state index contributed by atoms with van der Waals surface area (Å²) in [4.78, 5) is 0.116. The van der Waals surface area contributed by atoms with Crippen LogP contribution in [-0.2, 0) is 10.0 Å². The zero-order chi connectivity index (χ0) is 19.9. The van der Waals surface area contributed by atoms with Gasteiger partial charge < -0.3 is 8.94 Å². The molecule has 148 valence electrons. The number of hydrogen-bond donors (Lipinski definition) is 0. The lowest BCUT2D eigenvalue weighted by atomic mass is 10.00. The minimum atomic E-state index is -3.73. The van der Waals surface area contributed by atoms with Crippen LogP contribution in [0.3, 0.4) is 0 Å². The van der Waals surface area contributed by atoms with Crippen molar-refractivity contribution in [2.75, 3.05) is 13.1 Å². The number of benzene rings is 1. The molecule has 28 heavy (non-hydrogen) atoms. The van der Waals surface area contributed by atoms with E-state index >= 15 is 0 Å². The van der Waals surface area contributed by atoms with Crippen LogP contribution < -0.4 is 0 Å². The van der Waals surface area contributed by atoms with E-state index < -0.39 is 10.0 Å². The van der Waals surface area contributed by atoms with Gasteiger partial charge >= 0.3 is 0 Å². The van der Waals surface area contributed by atoms with Crippen LogP contribution in [0.5, 0.6) is 0 Å². The van der Waals surface area contributed by atoms with Gasteiger partial charge in [-0.2, -0.15) is 4.31 Å². The Kier molecular flexibility index (Phi) is 4.76. The van der Waals surface area contributed by atoms with Crippen molar-refractivity contribution in [3.63, 3.8) is 0 Å². The minimum absolute atomic E-state index is 0.116. The first-order chi connectivity index (χ1) is 13.4. The van der Waals surface area contributed by atoms with Gasteiger partial charge in [0.1, 0.15) is 16.4 Å². The Hall–Kier alpha value is -2.59. The predicted octanol–water partition coefficient (Wildman–Crippen LogP) is 3.05. The van der Waals surface area contributed by atoms with Gasteiger partial charge in [0.05, 0.1) is 5.92 Å². The van der Waals surface area contributed by atoms with Gasteiger partial charge in [0, 0.05) is 18.7 Å². The maximum Gasteiger partial charge on any atom is 0.248 e. The molecule has 0 radical (unpaired) electrons. The van der Waals surface area contributed by atoms with E-state index in [2.05, 4.69) is 15.4 Å². The Bertz CT molecular complexity index is 1070. The van der Waals surface area contributed by atoms with Gasteiger partial charge in [0.2, 0.25) is 21.8 Å². The first-order valence-corrected chi connectivity index (χ1v) is 10.3. The summed E-state index contributed by atoms with van der Waals surface area (Å²) in [6, 6.07) is 5.75. The van der Waals surface area contributed by atoms with Gasteiger partial charge in [0.25, 0.3) is 0 Å². The van der Waals surface area contributed by atoms with E-state index in [1.165, 1.54) is 16.4 Å². The van der Waals surface area contributed by atoms with Gasteiger partial charge in [-0.3, -0.25) is 0 Å². The van der Waals surface area contributed by atoms with Gasteiger partial charge in [-0.25, -0.2) is 12.8 Å². The van der Waals surface area contributed by atoms with Crippen molar-refractivity contribution >= 4 is 10.0 Å². The molecule has 1 aromatic carbocycles. The quantitative estimate of drug-likeness (QED) is 0.656. The molecule has 0 saturated carbocycles. The Balaban J connectivity index is 1.57. The predicted molar refractivity (Wildman–Crippen MR) is 96.4 cm³/mol. The summed E-state index contributed by atoms with van der Waals surface area (Å²) in [6.07, 6.45) is 1.40. The summed E-state index contributed by atoms with van der Waals surface area (Å²) in [5, 5.41) is 11.9. The molecule has 1 saturated heterocycles. The van der Waals surface area contributed by atoms with Crippen LogP contribution in [0.25, 0.3) is 11.5 Å². The lowest BCUT2D eigenvalue weighted by Gasteiger charge is -2.30. The Morgan fingerprint density at radius 2 is 1.93 bits per heavy atom. The number of hydrogen-bond acceptors (Lipinski definition) is 7. The van der Waals surface area contributed by atoms with Crippen LogP contribution in [0.15, 0.2) is 38.1 Å². The van der Waals surface area contributed by atoms with Crippen LogP contribution in [0.2, 0.25) is 0 Å². The van der Waals surface area contributed by atoms with Crippen molar-refractivity contribution in [2.24, 2.45) is 0 Å². The van der Waals surface area contributed by atoms with Crippen LogP contribution >= 0.6 is 0 Å². The van der Waals surface area contributed by atoms with Crippen LogP contribution in [0, 0.1) is 19.7 Å². The number of rotatable bonds is 4. The Morgan fingerprint density at radius 1 is 1.18 bits per heavy atom. The van der Waals surface area contributed by atoms with Crippen molar-refractivity contribution in [1.29, 1.82) is 0 Å². The van der Waals surface area contributed by atoms with Gasteiger partial charge in [-0.1, -0.05) is 5.16 Å². The first kappa shape index (κ1) is 18.8. The van der Waals surface area contributed by atoms with E-state index in [0.717, 1.165) is 6.42 Å². The molecule has 3 aromatic rings. The smallest absolute Gasteiger partial charge is 0.248 e. The highest BCUT2D eigenvalue weighted by molar-refractivity contribution is 7.89. The Morgan fingerprint density at radius 3 is 2.61 bits per heavy atom. The van der Waals surface area contributed by atoms with E-state index in [1.807, 2.05) is 0 Å². The van der Waals surface area contributed by atoms with E-state index in [4.69, 9.17) is 8.94 Å². The van der Waals surface area contributed by atoms with Crippen LogP contribution in [0.1, 0.15) is 36.1 Å². The fourth-order valence-electron chi connectivity index (χ4n) is 3.44. The molecule has 2 aromatic heterocycles. The van der Waals surface area contributed by atoms with Gasteiger partial charge in [-0.15, -0.1) is 10.2 Å². The number of piperidine rings is 1. The van der Waals surface area contributed by atoms with E-state index in [9.17, 15) is 12.8 Å². The highest BCUT2D eigenvalue weighted by Gasteiger charge is 2.36. The summed E-state index contributed by atoms with van der Waals surface area (Å²) in [5.41, 5.74) is 0.951. The molecule has 1 unspecified atom stereocenters. The van der Waals surface area contributed by atoms with Crippen molar-refractivity contribution in [3.05, 3.63) is 47.4 Å². The molecule has 3 heterocycles. The number of nitrogens with zero attached hydrogens (tertiary/aromatic N) is 4. The molecule has 0 spiro atoms. The zero-order valence-electron chi connectivity index (χ0n) is 15.4. The average molecular weight is 406 g/mol. The molecule has 1 aliphatic rings. The molecule has 1 atom stereocenters. The summed E-state index contributed by atoms with van der Waals surface area (Å²) < 4.78 is 51.4. The molecule has 1 aliphatic heterocycles. The second-order valence-corrected chi connectivity index (χ2v) is 8.68. The second-order valence-electron chi connectivity index (χ2n) is 6.81. The van der Waals surface area contributed by atoms with E-state index in [1.54, 1.807) is 26.0 Å². The van der Waals surface area contributed by atoms with E-state index in [-0.39, 0.29) is 34.8 Å². The molecular weight excluding hydrogens is 387 g/mol. The van der Waals surface area contributed by atoms with Crippen molar-refractivity contribution < 1.29 is 21.7 Å². The summed E-state index contributed by atoms with van der Waals surface area (Å²) in [6.45, 7) is 3.83. The zero-order valence-corrected chi connectivity index (χ0v) is 16.2. The molecule has 1 fully saturated rings. The van der Waals surface area contributed by atoms with Crippen molar-refractivity contribution in [2.45, 2.75) is 37.5 Å². The SMILES string of the molecule is Cc1noc(C)c1S(=O)(=O)N1CCCC(c2nnc(-c3ccc(F)cc3)o2)C1. The fraction of sp³-hybridized carbons (Fsp3) is 0.389. The number of aryl methyl sites for hydroxylation is 2. The molecule has 10 heteroatoms. The molecule has 4 rings (SSSR count). The van der Waals surface area contributed by atoms with E-state index in [0.29, 0.717) is 30.1 Å². The maximum atomic E-state index is 13.1. The number of halogens is 1. The normalized spacial score (nSPS) is 18.5. The summed E-state index contributed by atoms with van der Waals surface area (Å²) in [7, 11) is -3.73. The molecule has 0 bridgehead atoms. The standard InChI is InChI=1S/C18H19FN4O4S/c1-11-16(12(2)27-22-11)28(24,25)23-9-3-4-14(10-23)18-21-20-17(26-18)13-5-7-15(19)8-6-13/h5-8,14H,3-4,9-10H2,1-2H3. The highest BCUT2D eigenvalue weighted by Crippen LogP contribution is 2.32.